The Morgan fingerprint density at radius 1 is 1.25 bits per heavy atom. The van der Waals surface area contributed by atoms with Crippen molar-refractivity contribution in [1.29, 1.82) is 0 Å². The summed E-state index contributed by atoms with van der Waals surface area (Å²) >= 11 is 0. The molecule has 0 bridgehead atoms. The van der Waals surface area contributed by atoms with Gasteiger partial charge in [-0.15, -0.1) is 0 Å². The molecule has 0 atom stereocenters. The van der Waals surface area contributed by atoms with E-state index in [9.17, 15) is 0 Å². The average Bonchev–Trinajstić information content (AvgIpc) is 2.05. The molecule has 0 aromatic carbocycles. The molecule has 0 aliphatic carbocycles. The third kappa shape index (κ3) is 8.05. The second-order valence-electron chi connectivity index (χ2n) is 3.02. The van der Waals surface area contributed by atoms with Crippen molar-refractivity contribution in [1.82, 2.24) is 15.5 Å². The molecule has 0 rings (SSSR count). The molecular formula is C8H21BN3. The first-order valence-electron chi connectivity index (χ1n) is 4.63. The zero-order valence-corrected chi connectivity index (χ0v) is 8.56. The monoisotopic (exact) mass is 170 g/mol. The minimum Gasteiger partial charge on any atom is -0.318 e. The van der Waals surface area contributed by atoms with Crippen molar-refractivity contribution in [3.63, 3.8) is 0 Å². The predicted molar refractivity (Wildman–Crippen MR) is 55.9 cm³/mol. The maximum absolute atomic E-state index is 3.36. The number of nitrogens with one attached hydrogen (secondary N) is 2. The number of nitrogens with zero attached hydrogens (tertiary/aromatic N) is 1. The topological polar surface area (TPSA) is 27.3 Å². The van der Waals surface area contributed by atoms with Crippen molar-refractivity contribution in [3.05, 3.63) is 0 Å². The standard InChI is InChI=1S/C8H21BN3/c1-9-8-12(3)7-6-11-5-4-10-2/h10-11H,4-8H2,1-3H3. The lowest BCUT2D eigenvalue weighted by Crippen LogP contribution is -2.34. The summed E-state index contributed by atoms with van der Waals surface area (Å²) in [7, 11) is 6.28. The summed E-state index contributed by atoms with van der Waals surface area (Å²) < 4.78 is 0. The first-order valence-corrected chi connectivity index (χ1v) is 4.63. The van der Waals surface area contributed by atoms with E-state index < -0.39 is 0 Å². The fraction of sp³-hybridized carbons (Fsp3) is 1.00. The van der Waals surface area contributed by atoms with Crippen LogP contribution < -0.4 is 10.6 Å². The van der Waals surface area contributed by atoms with Crippen LogP contribution in [0.25, 0.3) is 0 Å². The van der Waals surface area contributed by atoms with E-state index in [1.54, 1.807) is 0 Å². The van der Waals surface area contributed by atoms with Gasteiger partial charge in [0.1, 0.15) is 7.28 Å². The molecular weight excluding hydrogens is 149 g/mol. The SMILES string of the molecule is C[B]CN(C)CCNCCNC. The van der Waals surface area contributed by atoms with Crippen molar-refractivity contribution < 1.29 is 0 Å². The Hall–Kier alpha value is -0.0551. The van der Waals surface area contributed by atoms with Crippen LogP contribution in [0.4, 0.5) is 0 Å². The Kier molecular flexibility index (Phi) is 8.99. The van der Waals surface area contributed by atoms with E-state index >= 15 is 0 Å². The van der Waals surface area contributed by atoms with E-state index in [1.165, 1.54) is 0 Å². The molecule has 0 amide bonds. The Balaban J connectivity index is 2.97. The van der Waals surface area contributed by atoms with Gasteiger partial charge in [0, 0.05) is 26.2 Å². The van der Waals surface area contributed by atoms with Crippen molar-refractivity contribution in [2.24, 2.45) is 0 Å². The Labute approximate surface area is 77.1 Å². The third-order valence-corrected chi connectivity index (χ3v) is 1.72. The van der Waals surface area contributed by atoms with Gasteiger partial charge >= 0.3 is 0 Å². The Morgan fingerprint density at radius 2 is 2.00 bits per heavy atom. The summed E-state index contributed by atoms with van der Waals surface area (Å²) in [5.41, 5.74) is 0. The summed E-state index contributed by atoms with van der Waals surface area (Å²) in [6, 6.07) is 0. The van der Waals surface area contributed by atoms with Crippen LogP contribution in [-0.2, 0) is 0 Å². The van der Waals surface area contributed by atoms with Gasteiger partial charge in [-0.05, 0) is 20.5 Å². The molecule has 0 unspecified atom stereocenters. The van der Waals surface area contributed by atoms with Gasteiger partial charge in [-0.1, -0.05) is 6.82 Å². The molecule has 0 aromatic rings. The van der Waals surface area contributed by atoms with Crippen molar-refractivity contribution in [2.75, 3.05) is 46.7 Å². The summed E-state index contributed by atoms with van der Waals surface area (Å²) in [5.74, 6) is 0. The van der Waals surface area contributed by atoms with Crippen LogP contribution >= 0.6 is 0 Å². The van der Waals surface area contributed by atoms with E-state index in [-0.39, 0.29) is 0 Å². The first-order chi connectivity index (χ1) is 5.81. The highest BCUT2D eigenvalue weighted by Gasteiger charge is 1.94. The number of hydrogen-bond donors (Lipinski definition) is 2. The molecule has 1 radical (unpaired) electrons. The fourth-order valence-corrected chi connectivity index (χ4v) is 1.01. The van der Waals surface area contributed by atoms with Crippen LogP contribution in [0.1, 0.15) is 0 Å². The normalized spacial score (nSPS) is 10.7. The molecule has 71 valence electrons. The van der Waals surface area contributed by atoms with Crippen LogP contribution in [0.2, 0.25) is 6.82 Å². The van der Waals surface area contributed by atoms with Crippen LogP contribution in [-0.4, -0.2) is 58.9 Å². The average molecular weight is 170 g/mol. The number of hydrogen-bond acceptors (Lipinski definition) is 3. The minimum absolute atomic E-state index is 1.05. The lowest BCUT2D eigenvalue weighted by molar-refractivity contribution is 0.381. The molecule has 0 heterocycles. The third-order valence-electron chi connectivity index (χ3n) is 1.72. The Morgan fingerprint density at radius 3 is 2.58 bits per heavy atom. The van der Waals surface area contributed by atoms with Crippen LogP contribution in [0, 0.1) is 0 Å². The van der Waals surface area contributed by atoms with E-state index in [0.717, 1.165) is 32.6 Å². The summed E-state index contributed by atoms with van der Waals surface area (Å²) in [4.78, 5) is 2.30. The van der Waals surface area contributed by atoms with Gasteiger partial charge < -0.3 is 15.5 Å². The largest absolute Gasteiger partial charge is 0.318 e. The number of rotatable bonds is 8. The highest BCUT2D eigenvalue weighted by molar-refractivity contribution is 6.33. The number of likely N-dealkylation sites (N-methyl/N-ethyl adjacent to an activating group) is 2. The van der Waals surface area contributed by atoms with Gasteiger partial charge in [0.15, 0.2) is 0 Å². The van der Waals surface area contributed by atoms with Gasteiger partial charge in [0.25, 0.3) is 0 Å². The van der Waals surface area contributed by atoms with E-state index in [4.69, 9.17) is 0 Å². The molecule has 0 aromatic heterocycles. The molecule has 12 heavy (non-hydrogen) atoms. The molecule has 0 fully saturated rings. The lowest BCUT2D eigenvalue weighted by Gasteiger charge is -2.15. The zero-order valence-electron chi connectivity index (χ0n) is 8.56. The maximum Gasteiger partial charge on any atom is 0.125 e. The highest BCUT2D eigenvalue weighted by Crippen LogP contribution is 1.77. The van der Waals surface area contributed by atoms with Gasteiger partial charge in [-0.25, -0.2) is 0 Å². The van der Waals surface area contributed by atoms with Crippen LogP contribution in [0.5, 0.6) is 0 Å². The molecule has 0 spiro atoms. The van der Waals surface area contributed by atoms with Crippen LogP contribution in [0.3, 0.4) is 0 Å². The smallest absolute Gasteiger partial charge is 0.125 e. The highest BCUT2D eigenvalue weighted by atomic mass is 15.1. The van der Waals surface area contributed by atoms with Crippen molar-refractivity contribution >= 4 is 7.28 Å². The maximum atomic E-state index is 3.36. The minimum atomic E-state index is 1.05. The van der Waals surface area contributed by atoms with E-state index in [1.807, 2.05) is 7.05 Å². The van der Waals surface area contributed by atoms with Crippen LogP contribution in [0.15, 0.2) is 0 Å². The predicted octanol–water partition coefficient (Wildman–Crippen LogP) is -0.563. The van der Waals surface area contributed by atoms with Gasteiger partial charge in [-0.3, -0.25) is 0 Å². The lowest BCUT2D eigenvalue weighted by atomic mass is 9.82. The van der Waals surface area contributed by atoms with Gasteiger partial charge in [-0.2, -0.15) is 0 Å². The van der Waals surface area contributed by atoms with E-state index in [0.29, 0.717) is 0 Å². The second kappa shape index (κ2) is 9.04. The molecule has 0 aliphatic rings. The van der Waals surface area contributed by atoms with Crippen molar-refractivity contribution in [2.45, 2.75) is 6.82 Å². The molecule has 3 nitrogen and oxygen atoms in total. The molecule has 0 saturated heterocycles. The van der Waals surface area contributed by atoms with Gasteiger partial charge in [0.05, 0.1) is 0 Å². The molecule has 4 heteroatoms. The van der Waals surface area contributed by atoms with Crippen molar-refractivity contribution in [3.8, 4) is 0 Å². The zero-order chi connectivity index (χ0) is 9.23. The van der Waals surface area contributed by atoms with Gasteiger partial charge in [0.2, 0.25) is 0 Å². The first kappa shape index (κ1) is 11.9. The summed E-state index contributed by atoms with van der Waals surface area (Å²) in [6.07, 6.45) is 1.08. The van der Waals surface area contributed by atoms with E-state index in [2.05, 4.69) is 36.7 Å². The summed E-state index contributed by atoms with van der Waals surface area (Å²) in [5, 5.41) is 6.46. The fourth-order valence-electron chi connectivity index (χ4n) is 1.01. The molecule has 2 N–H and O–H groups in total. The molecule has 0 aliphatic heterocycles. The second-order valence-corrected chi connectivity index (χ2v) is 3.02. The quantitative estimate of drug-likeness (QED) is 0.377. The Bertz CT molecular complexity index is 90.4. The summed E-state index contributed by atoms with van der Waals surface area (Å²) in [6.45, 7) is 6.38. The molecule has 0 saturated carbocycles.